The Morgan fingerprint density at radius 1 is 1.06 bits per heavy atom. The number of nitrogens with zero attached hydrogens (tertiary/aromatic N) is 2. The highest BCUT2D eigenvalue weighted by Gasteiger charge is 2.01. The van der Waals surface area contributed by atoms with Gasteiger partial charge < -0.3 is 10.5 Å². The predicted octanol–water partition coefficient (Wildman–Crippen LogP) is 2.76. The Morgan fingerprint density at radius 2 is 1.78 bits per heavy atom. The van der Waals surface area contributed by atoms with Gasteiger partial charge in [0.15, 0.2) is 0 Å². The molecule has 0 unspecified atom stereocenters. The molecule has 0 aliphatic carbocycles. The van der Waals surface area contributed by atoms with Gasteiger partial charge in [0.2, 0.25) is 0 Å². The third kappa shape index (κ3) is 3.20. The summed E-state index contributed by atoms with van der Waals surface area (Å²) in [6.45, 7) is 4.97. The summed E-state index contributed by atoms with van der Waals surface area (Å²) in [5.41, 5.74) is 7.31. The molecule has 0 amide bonds. The Bertz CT molecular complexity index is 491. The molecule has 1 heterocycles. The summed E-state index contributed by atoms with van der Waals surface area (Å²) >= 11 is 0. The fourth-order valence-electron chi connectivity index (χ4n) is 1.48. The van der Waals surface area contributed by atoms with Crippen molar-refractivity contribution in [3.05, 3.63) is 36.4 Å². The van der Waals surface area contributed by atoms with E-state index in [2.05, 4.69) is 24.0 Å². The number of anilines is 1. The van der Waals surface area contributed by atoms with Crippen molar-refractivity contribution in [2.45, 2.75) is 13.8 Å². The molecule has 18 heavy (non-hydrogen) atoms. The first-order valence-electron chi connectivity index (χ1n) is 5.97. The van der Waals surface area contributed by atoms with Gasteiger partial charge in [-0.1, -0.05) is 13.8 Å². The highest BCUT2D eigenvalue weighted by atomic mass is 16.5. The van der Waals surface area contributed by atoms with Crippen LogP contribution in [0.25, 0.3) is 11.3 Å². The summed E-state index contributed by atoms with van der Waals surface area (Å²) < 4.78 is 5.62. The van der Waals surface area contributed by atoms with Crippen molar-refractivity contribution in [1.29, 1.82) is 0 Å². The van der Waals surface area contributed by atoms with Crippen molar-refractivity contribution in [3.63, 3.8) is 0 Å². The van der Waals surface area contributed by atoms with Crippen molar-refractivity contribution in [3.8, 4) is 17.0 Å². The number of ether oxygens (including phenoxy) is 1. The van der Waals surface area contributed by atoms with Crippen LogP contribution in [0.1, 0.15) is 13.8 Å². The average Bonchev–Trinajstić information content (AvgIpc) is 2.38. The Morgan fingerprint density at radius 3 is 2.33 bits per heavy atom. The van der Waals surface area contributed by atoms with Gasteiger partial charge in [-0.05, 0) is 42.3 Å². The molecule has 2 rings (SSSR count). The lowest BCUT2D eigenvalue weighted by Crippen LogP contribution is -2.04. The van der Waals surface area contributed by atoms with E-state index >= 15 is 0 Å². The van der Waals surface area contributed by atoms with Crippen LogP contribution in [0.15, 0.2) is 36.4 Å². The molecular formula is C14H17N3O. The minimum absolute atomic E-state index is 0.427. The number of nitrogens with two attached hydrogens (primary N) is 1. The number of hydrogen-bond acceptors (Lipinski definition) is 4. The Hall–Kier alpha value is -2.10. The standard InChI is InChI=1S/C14H17N3O/c1-10(2)9-18-12-5-3-11(4-6-12)13-7-8-14(15)17-16-13/h3-8,10H,9H2,1-2H3,(H2,15,17). The third-order valence-electron chi connectivity index (χ3n) is 2.42. The number of nitrogen functional groups attached to an aromatic ring is 1. The minimum atomic E-state index is 0.427. The quantitative estimate of drug-likeness (QED) is 0.897. The first-order chi connectivity index (χ1) is 8.65. The molecular weight excluding hydrogens is 226 g/mol. The number of rotatable bonds is 4. The van der Waals surface area contributed by atoms with Gasteiger partial charge in [0, 0.05) is 5.56 Å². The molecule has 0 spiro atoms. The summed E-state index contributed by atoms with van der Waals surface area (Å²) in [5, 5.41) is 7.87. The summed E-state index contributed by atoms with van der Waals surface area (Å²) in [6.07, 6.45) is 0. The zero-order valence-corrected chi connectivity index (χ0v) is 10.6. The third-order valence-corrected chi connectivity index (χ3v) is 2.42. The second-order valence-electron chi connectivity index (χ2n) is 4.57. The van der Waals surface area contributed by atoms with E-state index in [0.29, 0.717) is 11.7 Å². The maximum Gasteiger partial charge on any atom is 0.146 e. The molecule has 0 saturated heterocycles. The highest BCUT2D eigenvalue weighted by molar-refractivity contribution is 5.60. The van der Waals surface area contributed by atoms with Gasteiger partial charge in [-0.25, -0.2) is 0 Å². The van der Waals surface area contributed by atoms with Crippen LogP contribution in [0.2, 0.25) is 0 Å². The number of aromatic nitrogens is 2. The normalized spacial score (nSPS) is 10.6. The predicted molar refractivity (Wildman–Crippen MR) is 72.2 cm³/mol. The van der Waals surface area contributed by atoms with Crippen LogP contribution < -0.4 is 10.5 Å². The first kappa shape index (κ1) is 12.4. The average molecular weight is 243 g/mol. The molecule has 4 nitrogen and oxygen atoms in total. The molecule has 4 heteroatoms. The van der Waals surface area contributed by atoms with Crippen molar-refractivity contribution in [1.82, 2.24) is 10.2 Å². The molecule has 0 fully saturated rings. The maximum absolute atomic E-state index is 5.62. The number of benzene rings is 1. The molecule has 0 aliphatic heterocycles. The van der Waals surface area contributed by atoms with E-state index in [4.69, 9.17) is 10.5 Å². The molecule has 0 aliphatic rings. The van der Waals surface area contributed by atoms with E-state index < -0.39 is 0 Å². The largest absolute Gasteiger partial charge is 0.493 e. The summed E-state index contributed by atoms with van der Waals surface area (Å²) in [5.74, 6) is 1.82. The minimum Gasteiger partial charge on any atom is -0.493 e. The second-order valence-corrected chi connectivity index (χ2v) is 4.57. The lowest BCUT2D eigenvalue weighted by Gasteiger charge is -2.09. The van der Waals surface area contributed by atoms with Crippen LogP contribution in [0.5, 0.6) is 5.75 Å². The van der Waals surface area contributed by atoms with E-state index in [-0.39, 0.29) is 0 Å². The van der Waals surface area contributed by atoms with E-state index in [1.165, 1.54) is 0 Å². The zero-order chi connectivity index (χ0) is 13.0. The summed E-state index contributed by atoms with van der Waals surface area (Å²) in [7, 11) is 0. The smallest absolute Gasteiger partial charge is 0.146 e. The molecule has 2 N–H and O–H groups in total. The van der Waals surface area contributed by atoms with E-state index in [0.717, 1.165) is 23.6 Å². The summed E-state index contributed by atoms with van der Waals surface area (Å²) in [4.78, 5) is 0. The van der Waals surface area contributed by atoms with Gasteiger partial charge >= 0.3 is 0 Å². The topological polar surface area (TPSA) is 61.0 Å². The number of hydrogen-bond donors (Lipinski definition) is 1. The molecule has 0 radical (unpaired) electrons. The molecule has 0 atom stereocenters. The Kier molecular flexibility index (Phi) is 3.77. The van der Waals surface area contributed by atoms with E-state index in [1.54, 1.807) is 6.07 Å². The fraction of sp³-hybridized carbons (Fsp3) is 0.286. The van der Waals surface area contributed by atoms with Crippen LogP contribution in [-0.2, 0) is 0 Å². The van der Waals surface area contributed by atoms with Crippen LogP contribution in [0.3, 0.4) is 0 Å². The van der Waals surface area contributed by atoms with Gasteiger partial charge in [-0.15, -0.1) is 10.2 Å². The van der Waals surface area contributed by atoms with E-state index in [9.17, 15) is 0 Å². The highest BCUT2D eigenvalue weighted by Crippen LogP contribution is 2.20. The van der Waals surface area contributed by atoms with Gasteiger partial charge in [0.05, 0.1) is 12.3 Å². The van der Waals surface area contributed by atoms with Gasteiger partial charge in [-0.2, -0.15) is 0 Å². The zero-order valence-electron chi connectivity index (χ0n) is 10.6. The lowest BCUT2D eigenvalue weighted by atomic mass is 10.1. The SMILES string of the molecule is CC(C)COc1ccc(-c2ccc(N)nn2)cc1. The molecule has 1 aromatic carbocycles. The van der Waals surface area contributed by atoms with Crippen LogP contribution in [0, 0.1) is 5.92 Å². The van der Waals surface area contributed by atoms with Crippen LogP contribution in [0.4, 0.5) is 5.82 Å². The van der Waals surface area contributed by atoms with E-state index in [1.807, 2.05) is 30.3 Å². The second kappa shape index (κ2) is 5.49. The monoisotopic (exact) mass is 243 g/mol. The Labute approximate surface area is 107 Å². The lowest BCUT2D eigenvalue weighted by molar-refractivity contribution is 0.271. The van der Waals surface area contributed by atoms with Gasteiger partial charge in [-0.3, -0.25) is 0 Å². The molecule has 0 bridgehead atoms. The van der Waals surface area contributed by atoms with Crippen molar-refractivity contribution in [2.24, 2.45) is 5.92 Å². The molecule has 0 saturated carbocycles. The van der Waals surface area contributed by atoms with Crippen molar-refractivity contribution >= 4 is 5.82 Å². The molecule has 1 aromatic heterocycles. The van der Waals surface area contributed by atoms with Crippen LogP contribution in [-0.4, -0.2) is 16.8 Å². The maximum atomic E-state index is 5.62. The van der Waals surface area contributed by atoms with Crippen molar-refractivity contribution < 1.29 is 4.74 Å². The first-order valence-corrected chi connectivity index (χ1v) is 5.97. The Balaban J connectivity index is 2.09. The fourth-order valence-corrected chi connectivity index (χ4v) is 1.48. The molecule has 94 valence electrons. The molecule has 2 aromatic rings. The summed E-state index contributed by atoms with van der Waals surface area (Å²) in [6, 6.07) is 11.4. The van der Waals surface area contributed by atoms with Gasteiger partial charge in [0.25, 0.3) is 0 Å². The van der Waals surface area contributed by atoms with Crippen molar-refractivity contribution in [2.75, 3.05) is 12.3 Å². The van der Waals surface area contributed by atoms with Crippen LogP contribution >= 0.6 is 0 Å². The van der Waals surface area contributed by atoms with Gasteiger partial charge in [0.1, 0.15) is 11.6 Å².